The molecule has 2 fully saturated rings. The molecule has 1 aromatic carbocycles. The molecule has 6 heteroatoms. The minimum Gasteiger partial charge on any atom is -0.497 e. The van der Waals surface area contributed by atoms with E-state index >= 15 is 0 Å². The lowest BCUT2D eigenvalue weighted by molar-refractivity contribution is -0.198. The normalized spacial score (nSPS) is 24.1. The summed E-state index contributed by atoms with van der Waals surface area (Å²) in [7, 11) is 1.59. The zero-order valence-electron chi connectivity index (χ0n) is 11.6. The maximum absolute atomic E-state index is 12.0. The first-order valence-corrected chi connectivity index (χ1v) is 6.81. The van der Waals surface area contributed by atoms with E-state index in [1.165, 1.54) is 0 Å². The molecule has 2 aliphatic rings. The number of hydrogen-bond acceptors (Lipinski definition) is 5. The van der Waals surface area contributed by atoms with Gasteiger partial charge < -0.3 is 9.57 Å². The molecule has 0 unspecified atom stereocenters. The van der Waals surface area contributed by atoms with E-state index in [1.54, 1.807) is 7.11 Å². The lowest BCUT2D eigenvalue weighted by atomic mass is 10.1. The van der Waals surface area contributed by atoms with Gasteiger partial charge in [-0.15, -0.1) is 5.06 Å². The van der Waals surface area contributed by atoms with Gasteiger partial charge in [-0.25, -0.2) is 4.79 Å². The number of imide groups is 1. The Balaban J connectivity index is 1.60. The molecule has 0 spiro atoms. The van der Waals surface area contributed by atoms with E-state index in [1.807, 2.05) is 24.3 Å². The van der Waals surface area contributed by atoms with Crippen molar-refractivity contribution in [3.8, 4) is 5.75 Å². The maximum atomic E-state index is 12.0. The van der Waals surface area contributed by atoms with Crippen LogP contribution in [0, 0.1) is 5.92 Å². The van der Waals surface area contributed by atoms with Crippen LogP contribution in [0.15, 0.2) is 24.3 Å². The van der Waals surface area contributed by atoms with Crippen molar-refractivity contribution < 1.29 is 24.0 Å². The number of rotatable bonds is 4. The monoisotopic (exact) mass is 289 g/mol. The molecule has 0 bridgehead atoms. The van der Waals surface area contributed by atoms with E-state index in [4.69, 9.17) is 9.57 Å². The van der Waals surface area contributed by atoms with Crippen LogP contribution in [0.2, 0.25) is 0 Å². The van der Waals surface area contributed by atoms with E-state index in [-0.39, 0.29) is 24.7 Å². The maximum Gasteiger partial charge on any atom is 0.336 e. The SMILES string of the molecule is COc1ccc([C@@H]2C[C@H]2C(=O)ON2C(=O)CCC2=O)cc1. The summed E-state index contributed by atoms with van der Waals surface area (Å²) in [5, 5.41) is 0.603. The summed E-state index contributed by atoms with van der Waals surface area (Å²) in [6.07, 6.45) is 0.888. The van der Waals surface area contributed by atoms with Crippen LogP contribution >= 0.6 is 0 Å². The first kappa shape index (κ1) is 13.6. The fourth-order valence-corrected chi connectivity index (χ4v) is 2.49. The van der Waals surface area contributed by atoms with Crippen LogP contribution < -0.4 is 4.74 Å². The number of carbonyl (C=O) groups is 3. The molecule has 1 saturated heterocycles. The average Bonchev–Trinajstić information content (AvgIpc) is 3.24. The van der Waals surface area contributed by atoms with Crippen LogP contribution in [0.3, 0.4) is 0 Å². The smallest absolute Gasteiger partial charge is 0.336 e. The lowest BCUT2D eigenvalue weighted by Gasteiger charge is -2.12. The highest BCUT2D eigenvalue weighted by atomic mass is 16.7. The van der Waals surface area contributed by atoms with Crippen LogP contribution in [0.5, 0.6) is 5.75 Å². The molecule has 2 amide bonds. The van der Waals surface area contributed by atoms with Crippen molar-refractivity contribution in [2.45, 2.75) is 25.2 Å². The Kier molecular flexibility index (Phi) is 3.37. The number of carbonyl (C=O) groups excluding carboxylic acids is 3. The van der Waals surface area contributed by atoms with Gasteiger partial charge in [-0.3, -0.25) is 9.59 Å². The fraction of sp³-hybridized carbons (Fsp3) is 0.400. The molecular formula is C15H15NO5. The summed E-state index contributed by atoms with van der Waals surface area (Å²) < 4.78 is 5.08. The molecule has 2 atom stereocenters. The average molecular weight is 289 g/mol. The molecule has 1 saturated carbocycles. The van der Waals surface area contributed by atoms with Gasteiger partial charge in [0, 0.05) is 12.8 Å². The Hall–Kier alpha value is -2.37. The minimum absolute atomic E-state index is 0.0798. The molecule has 0 radical (unpaired) electrons. The Morgan fingerprint density at radius 2 is 1.76 bits per heavy atom. The summed E-state index contributed by atoms with van der Waals surface area (Å²) >= 11 is 0. The van der Waals surface area contributed by atoms with Gasteiger partial charge in [0.2, 0.25) is 0 Å². The second kappa shape index (κ2) is 5.20. The highest BCUT2D eigenvalue weighted by Gasteiger charge is 2.47. The number of nitrogens with zero attached hydrogens (tertiary/aromatic N) is 1. The zero-order chi connectivity index (χ0) is 15.0. The quantitative estimate of drug-likeness (QED) is 0.783. The number of benzene rings is 1. The second-order valence-electron chi connectivity index (χ2n) is 5.21. The van der Waals surface area contributed by atoms with Crippen molar-refractivity contribution in [3.05, 3.63) is 29.8 Å². The highest BCUT2D eigenvalue weighted by molar-refractivity contribution is 6.01. The van der Waals surface area contributed by atoms with Crippen LogP contribution in [0.25, 0.3) is 0 Å². The summed E-state index contributed by atoms with van der Waals surface area (Å²) in [4.78, 5) is 39.7. The van der Waals surface area contributed by atoms with Crippen molar-refractivity contribution in [2.24, 2.45) is 5.92 Å². The number of ether oxygens (including phenoxy) is 1. The molecule has 3 rings (SSSR count). The largest absolute Gasteiger partial charge is 0.497 e. The Labute approximate surface area is 121 Å². The van der Waals surface area contributed by atoms with Crippen molar-refractivity contribution in [1.82, 2.24) is 5.06 Å². The summed E-state index contributed by atoms with van der Waals surface area (Å²) in [5.74, 6) is -0.869. The standard InChI is InChI=1S/C15H15NO5/c1-20-10-4-2-9(3-5-10)11-8-12(11)15(19)21-16-13(17)6-7-14(16)18/h2-5,11-12H,6-8H2,1H3/t11-,12+/m0/s1. The highest BCUT2D eigenvalue weighted by Crippen LogP contribution is 2.48. The predicted molar refractivity (Wildman–Crippen MR) is 71.0 cm³/mol. The number of hydroxylamine groups is 2. The Morgan fingerprint density at radius 1 is 1.14 bits per heavy atom. The number of amides is 2. The molecule has 6 nitrogen and oxygen atoms in total. The fourth-order valence-electron chi connectivity index (χ4n) is 2.49. The second-order valence-corrected chi connectivity index (χ2v) is 5.21. The van der Waals surface area contributed by atoms with Crippen molar-refractivity contribution in [2.75, 3.05) is 7.11 Å². The number of methoxy groups -OCH3 is 1. The van der Waals surface area contributed by atoms with Gasteiger partial charge in [0.05, 0.1) is 13.0 Å². The van der Waals surface area contributed by atoms with E-state index in [0.717, 1.165) is 11.3 Å². The van der Waals surface area contributed by atoms with Gasteiger partial charge in [0.25, 0.3) is 11.8 Å². The van der Waals surface area contributed by atoms with Crippen molar-refractivity contribution in [1.29, 1.82) is 0 Å². The van der Waals surface area contributed by atoms with E-state index in [9.17, 15) is 14.4 Å². The summed E-state index contributed by atoms with van der Waals surface area (Å²) in [6.45, 7) is 0. The molecule has 1 aliphatic heterocycles. The molecular weight excluding hydrogens is 274 g/mol. The zero-order valence-corrected chi connectivity index (χ0v) is 11.6. The van der Waals surface area contributed by atoms with Crippen LogP contribution in [-0.2, 0) is 19.2 Å². The van der Waals surface area contributed by atoms with Gasteiger partial charge >= 0.3 is 5.97 Å². The molecule has 1 heterocycles. The Morgan fingerprint density at radius 3 is 2.33 bits per heavy atom. The third-order valence-corrected chi connectivity index (χ3v) is 3.82. The predicted octanol–water partition coefficient (Wildman–Crippen LogP) is 1.41. The molecule has 1 aliphatic carbocycles. The molecule has 0 N–H and O–H groups in total. The van der Waals surface area contributed by atoms with Gasteiger partial charge in [-0.05, 0) is 30.0 Å². The van der Waals surface area contributed by atoms with E-state index in [0.29, 0.717) is 11.5 Å². The van der Waals surface area contributed by atoms with Gasteiger partial charge in [0.15, 0.2) is 0 Å². The number of hydrogen-bond donors (Lipinski definition) is 0. The summed E-state index contributed by atoms with van der Waals surface area (Å²) in [5.41, 5.74) is 1.02. The van der Waals surface area contributed by atoms with Gasteiger partial charge in [-0.1, -0.05) is 12.1 Å². The Bertz CT molecular complexity index is 579. The van der Waals surface area contributed by atoms with Crippen molar-refractivity contribution >= 4 is 17.8 Å². The molecule has 21 heavy (non-hydrogen) atoms. The first-order chi connectivity index (χ1) is 10.1. The lowest BCUT2D eigenvalue weighted by Crippen LogP contribution is -2.32. The van der Waals surface area contributed by atoms with E-state index < -0.39 is 17.8 Å². The third-order valence-electron chi connectivity index (χ3n) is 3.82. The third kappa shape index (κ3) is 2.61. The van der Waals surface area contributed by atoms with Crippen LogP contribution in [-0.4, -0.2) is 30.0 Å². The molecule has 1 aromatic rings. The summed E-state index contributed by atoms with van der Waals surface area (Å²) in [6, 6.07) is 7.49. The van der Waals surface area contributed by atoms with Gasteiger partial charge in [0.1, 0.15) is 5.75 Å². The van der Waals surface area contributed by atoms with Gasteiger partial charge in [-0.2, -0.15) is 0 Å². The minimum atomic E-state index is -0.514. The molecule has 110 valence electrons. The first-order valence-electron chi connectivity index (χ1n) is 6.81. The van der Waals surface area contributed by atoms with Crippen LogP contribution in [0.4, 0.5) is 0 Å². The topological polar surface area (TPSA) is 72.9 Å². The van der Waals surface area contributed by atoms with Crippen molar-refractivity contribution in [3.63, 3.8) is 0 Å². The van der Waals surface area contributed by atoms with Crippen LogP contribution in [0.1, 0.15) is 30.7 Å². The molecule has 0 aromatic heterocycles. The van der Waals surface area contributed by atoms with E-state index in [2.05, 4.69) is 0 Å².